The Morgan fingerprint density at radius 3 is 2.81 bits per heavy atom. The summed E-state index contributed by atoms with van der Waals surface area (Å²) in [6.07, 6.45) is 1.62. The Morgan fingerprint density at radius 1 is 1.48 bits per heavy atom. The van der Waals surface area contributed by atoms with Gasteiger partial charge in [0.1, 0.15) is 9.71 Å². The molecule has 7 heteroatoms. The van der Waals surface area contributed by atoms with Crippen molar-refractivity contribution in [1.82, 2.24) is 15.1 Å². The zero-order valence-electron chi connectivity index (χ0n) is 12.1. The third-order valence-electron chi connectivity index (χ3n) is 3.34. The second-order valence-corrected chi connectivity index (χ2v) is 5.70. The Labute approximate surface area is 126 Å². The SMILES string of the molecule is C=CCN(CCO)C(=O)c1sc2nnc(C)c(C)c2c1N. The van der Waals surface area contributed by atoms with Gasteiger partial charge in [-0.2, -0.15) is 5.10 Å². The van der Waals surface area contributed by atoms with Crippen LogP contribution in [0.15, 0.2) is 12.7 Å². The lowest BCUT2D eigenvalue weighted by Gasteiger charge is -2.19. The van der Waals surface area contributed by atoms with Gasteiger partial charge in [-0.05, 0) is 19.4 Å². The number of aliphatic hydroxyl groups is 1. The van der Waals surface area contributed by atoms with Gasteiger partial charge in [-0.1, -0.05) is 6.08 Å². The van der Waals surface area contributed by atoms with Crippen LogP contribution in [-0.4, -0.2) is 45.8 Å². The third kappa shape index (κ3) is 2.74. The monoisotopic (exact) mass is 306 g/mol. The highest BCUT2D eigenvalue weighted by atomic mass is 32.1. The normalized spacial score (nSPS) is 10.8. The summed E-state index contributed by atoms with van der Waals surface area (Å²) < 4.78 is 0. The van der Waals surface area contributed by atoms with Gasteiger partial charge in [-0.15, -0.1) is 23.0 Å². The number of aryl methyl sites for hydroxylation is 2. The molecule has 112 valence electrons. The van der Waals surface area contributed by atoms with E-state index in [2.05, 4.69) is 16.8 Å². The number of fused-ring (bicyclic) bond motifs is 1. The van der Waals surface area contributed by atoms with Crippen LogP contribution in [0.5, 0.6) is 0 Å². The summed E-state index contributed by atoms with van der Waals surface area (Å²) in [4.78, 5) is 15.2. The van der Waals surface area contributed by atoms with Gasteiger partial charge in [-0.3, -0.25) is 4.79 Å². The number of nitrogens with two attached hydrogens (primary N) is 1. The van der Waals surface area contributed by atoms with E-state index in [1.165, 1.54) is 16.2 Å². The molecule has 0 radical (unpaired) electrons. The second-order valence-electron chi connectivity index (χ2n) is 4.70. The number of nitrogens with zero attached hydrogens (tertiary/aromatic N) is 3. The van der Waals surface area contributed by atoms with Crippen LogP contribution in [0.1, 0.15) is 20.9 Å². The average molecular weight is 306 g/mol. The molecule has 2 aromatic rings. The molecule has 0 saturated carbocycles. The summed E-state index contributed by atoms with van der Waals surface area (Å²) in [7, 11) is 0. The largest absolute Gasteiger partial charge is 0.397 e. The fourth-order valence-corrected chi connectivity index (χ4v) is 3.16. The molecule has 0 fully saturated rings. The predicted octanol–water partition coefficient (Wildman–Crippen LogP) is 1.51. The summed E-state index contributed by atoms with van der Waals surface area (Å²) in [6, 6.07) is 0. The van der Waals surface area contributed by atoms with Crippen molar-refractivity contribution in [2.45, 2.75) is 13.8 Å². The lowest BCUT2D eigenvalue weighted by atomic mass is 10.1. The minimum Gasteiger partial charge on any atom is -0.397 e. The topological polar surface area (TPSA) is 92.3 Å². The van der Waals surface area contributed by atoms with Crippen molar-refractivity contribution in [1.29, 1.82) is 0 Å². The van der Waals surface area contributed by atoms with E-state index in [0.29, 0.717) is 21.9 Å². The quantitative estimate of drug-likeness (QED) is 0.817. The van der Waals surface area contributed by atoms with E-state index < -0.39 is 0 Å². The highest BCUT2D eigenvalue weighted by Crippen LogP contribution is 2.35. The molecule has 0 bridgehead atoms. The molecule has 2 heterocycles. The minimum atomic E-state index is -0.221. The summed E-state index contributed by atoms with van der Waals surface area (Å²) in [5.41, 5.74) is 8.31. The highest BCUT2D eigenvalue weighted by Gasteiger charge is 2.23. The first-order valence-electron chi connectivity index (χ1n) is 6.54. The van der Waals surface area contributed by atoms with Gasteiger partial charge >= 0.3 is 0 Å². The number of hydrogen-bond acceptors (Lipinski definition) is 6. The Hall–Kier alpha value is -1.99. The van der Waals surface area contributed by atoms with Crippen LogP contribution < -0.4 is 5.73 Å². The van der Waals surface area contributed by atoms with Crippen molar-refractivity contribution in [3.63, 3.8) is 0 Å². The van der Waals surface area contributed by atoms with E-state index in [1.54, 1.807) is 6.08 Å². The Kier molecular flexibility index (Phi) is 4.54. The number of carbonyl (C=O) groups is 1. The molecule has 0 spiro atoms. The highest BCUT2D eigenvalue weighted by molar-refractivity contribution is 7.21. The number of rotatable bonds is 5. The zero-order valence-corrected chi connectivity index (χ0v) is 12.9. The molecule has 2 rings (SSSR count). The van der Waals surface area contributed by atoms with E-state index in [-0.39, 0.29) is 19.1 Å². The van der Waals surface area contributed by atoms with E-state index in [0.717, 1.165) is 16.6 Å². The zero-order chi connectivity index (χ0) is 15.6. The number of hydrogen-bond donors (Lipinski definition) is 2. The predicted molar refractivity (Wildman–Crippen MR) is 84.5 cm³/mol. The number of amides is 1. The van der Waals surface area contributed by atoms with E-state index >= 15 is 0 Å². The minimum absolute atomic E-state index is 0.109. The number of aliphatic hydroxyl groups excluding tert-OH is 1. The number of thiophene rings is 1. The average Bonchev–Trinajstić information content (AvgIpc) is 2.80. The molecule has 0 aliphatic rings. The Bertz CT molecular complexity index is 696. The number of nitrogen functional groups attached to an aromatic ring is 1. The van der Waals surface area contributed by atoms with Gasteiger partial charge in [0.2, 0.25) is 0 Å². The van der Waals surface area contributed by atoms with Crippen molar-refractivity contribution >= 4 is 33.1 Å². The summed E-state index contributed by atoms with van der Waals surface area (Å²) in [5, 5.41) is 18.0. The molecule has 0 aromatic carbocycles. The van der Waals surface area contributed by atoms with Crippen molar-refractivity contribution < 1.29 is 9.90 Å². The Morgan fingerprint density at radius 2 is 2.19 bits per heavy atom. The van der Waals surface area contributed by atoms with Crippen LogP contribution in [0.3, 0.4) is 0 Å². The molecule has 21 heavy (non-hydrogen) atoms. The summed E-state index contributed by atoms with van der Waals surface area (Å²) in [6.45, 7) is 7.88. The molecule has 6 nitrogen and oxygen atoms in total. The maximum Gasteiger partial charge on any atom is 0.266 e. The molecule has 2 aromatic heterocycles. The lowest BCUT2D eigenvalue weighted by molar-refractivity contribution is 0.0748. The van der Waals surface area contributed by atoms with Gasteiger partial charge in [0, 0.05) is 18.5 Å². The molecular formula is C14H18N4O2S. The fraction of sp³-hybridized carbons (Fsp3) is 0.357. The lowest BCUT2D eigenvalue weighted by Crippen LogP contribution is -2.33. The molecule has 3 N–H and O–H groups in total. The van der Waals surface area contributed by atoms with E-state index in [4.69, 9.17) is 10.8 Å². The molecule has 0 atom stereocenters. The molecule has 0 aliphatic carbocycles. The first-order chi connectivity index (χ1) is 10.0. The number of aromatic nitrogens is 2. The molecule has 0 unspecified atom stereocenters. The first-order valence-corrected chi connectivity index (χ1v) is 7.35. The summed E-state index contributed by atoms with van der Waals surface area (Å²) >= 11 is 1.23. The van der Waals surface area contributed by atoms with Gasteiger partial charge in [0.05, 0.1) is 18.0 Å². The van der Waals surface area contributed by atoms with Gasteiger partial charge in [0.15, 0.2) is 0 Å². The van der Waals surface area contributed by atoms with Crippen LogP contribution in [0.2, 0.25) is 0 Å². The van der Waals surface area contributed by atoms with Crippen molar-refractivity contribution in [3.8, 4) is 0 Å². The summed E-state index contributed by atoms with van der Waals surface area (Å²) in [5.74, 6) is -0.221. The number of carbonyl (C=O) groups excluding carboxylic acids is 1. The van der Waals surface area contributed by atoms with Crippen LogP contribution in [0, 0.1) is 13.8 Å². The Balaban J connectivity index is 2.51. The third-order valence-corrected chi connectivity index (χ3v) is 4.41. The fourth-order valence-electron chi connectivity index (χ4n) is 2.10. The van der Waals surface area contributed by atoms with E-state index in [9.17, 15) is 4.79 Å². The first kappa shape index (κ1) is 15.4. The molecular weight excluding hydrogens is 288 g/mol. The van der Waals surface area contributed by atoms with E-state index in [1.807, 2.05) is 13.8 Å². The van der Waals surface area contributed by atoms with Gasteiger partial charge < -0.3 is 15.7 Å². The smallest absolute Gasteiger partial charge is 0.266 e. The standard InChI is InChI=1S/C14H18N4O2S/c1-4-5-18(6-7-19)14(20)12-11(15)10-8(2)9(3)16-17-13(10)21-12/h4,19H,1,5-7,15H2,2-3H3. The second kappa shape index (κ2) is 6.19. The molecule has 0 saturated heterocycles. The maximum absolute atomic E-state index is 12.6. The van der Waals surface area contributed by atoms with Crippen LogP contribution in [0.4, 0.5) is 5.69 Å². The van der Waals surface area contributed by atoms with Crippen LogP contribution in [-0.2, 0) is 0 Å². The van der Waals surface area contributed by atoms with Crippen molar-refractivity contribution in [3.05, 3.63) is 28.8 Å². The van der Waals surface area contributed by atoms with Gasteiger partial charge in [0.25, 0.3) is 5.91 Å². The number of anilines is 1. The van der Waals surface area contributed by atoms with Crippen molar-refractivity contribution in [2.24, 2.45) is 0 Å². The van der Waals surface area contributed by atoms with Crippen molar-refractivity contribution in [2.75, 3.05) is 25.4 Å². The van der Waals surface area contributed by atoms with Gasteiger partial charge in [-0.25, -0.2) is 0 Å². The van der Waals surface area contributed by atoms with Crippen LogP contribution >= 0.6 is 11.3 Å². The molecule has 0 aliphatic heterocycles. The molecule has 1 amide bonds. The van der Waals surface area contributed by atoms with Crippen LogP contribution in [0.25, 0.3) is 10.2 Å². The maximum atomic E-state index is 12.6.